The lowest BCUT2D eigenvalue weighted by Crippen LogP contribution is -2.24. The Hall–Kier alpha value is -0.360. The van der Waals surface area contributed by atoms with Gasteiger partial charge in [-0.25, -0.2) is 4.36 Å². The van der Waals surface area contributed by atoms with Crippen molar-refractivity contribution in [1.29, 1.82) is 5.41 Å². The Bertz CT molecular complexity index is 252. The van der Waals surface area contributed by atoms with Gasteiger partial charge < -0.3 is 4.74 Å². The molecule has 0 aliphatic carbocycles. The number of amidine groups is 1. The van der Waals surface area contributed by atoms with Crippen molar-refractivity contribution < 1.29 is 9.53 Å². The maximum Gasteiger partial charge on any atom is 0.327 e. The van der Waals surface area contributed by atoms with Crippen molar-refractivity contribution in [2.75, 3.05) is 12.9 Å². The summed E-state index contributed by atoms with van der Waals surface area (Å²) in [6, 6.07) is 0. The van der Waals surface area contributed by atoms with E-state index < -0.39 is 5.25 Å². The van der Waals surface area contributed by atoms with Crippen molar-refractivity contribution in [2.24, 2.45) is 4.36 Å². The summed E-state index contributed by atoms with van der Waals surface area (Å²) in [6.07, 6.45) is 1.89. The molecular formula is C6H10N2O2S2. The summed E-state index contributed by atoms with van der Waals surface area (Å²) in [6.45, 7) is 2.12. The molecule has 0 radical (unpaired) electrons. The SMILES string of the molecule is CCOC(=O)C1SS(C)=NC1=N. The molecule has 1 aliphatic heterocycles. The van der Waals surface area contributed by atoms with Gasteiger partial charge in [0.15, 0.2) is 11.1 Å². The first-order valence-electron chi connectivity index (χ1n) is 3.45. The van der Waals surface area contributed by atoms with E-state index in [-0.39, 0.29) is 21.5 Å². The topological polar surface area (TPSA) is 62.5 Å². The molecule has 1 heterocycles. The van der Waals surface area contributed by atoms with Gasteiger partial charge in [0, 0.05) is 6.26 Å². The monoisotopic (exact) mass is 206 g/mol. The van der Waals surface area contributed by atoms with Crippen LogP contribution in [0, 0.1) is 5.41 Å². The highest BCUT2D eigenvalue weighted by atomic mass is 33.1. The fourth-order valence-corrected chi connectivity index (χ4v) is 3.54. The number of esters is 1. The van der Waals surface area contributed by atoms with Crippen molar-refractivity contribution in [3.05, 3.63) is 0 Å². The van der Waals surface area contributed by atoms with Crippen molar-refractivity contribution in [2.45, 2.75) is 12.2 Å². The van der Waals surface area contributed by atoms with E-state index in [1.54, 1.807) is 6.92 Å². The Kier molecular flexibility index (Phi) is 3.28. The van der Waals surface area contributed by atoms with E-state index in [9.17, 15) is 4.79 Å². The van der Waals surface area contributed by atoms with Crippen LogP contribution in [0.3, 0.4) is 0 Å². The van der Waals surface area contributed by atoms with E-state index in [0.29, 0.717) is 6.61 Å². The van der Waals surface area contributed by atoms with Gasteiger partial charge in [0.2, 0.25) is 0 Å². The van der Waals surface area contributed by atoms with E-state index >= 15 is 0 Å². The molecule has 0 amide bonds. The molecule has 12 heavy (non-hydrogen) atoms. The molecule has 6 heteroatoms. The average molecular weight is 206 g/mol. The third-order valence-electron chi connectivity index (χ3n) is 1.21. The molecule has 0 spiro atoms. The molecule has 2 unspecified atom stereocenters. The average Bonchev–Trinajstić information content (AvgIpc) is 2.30. The van der Waals surface area contributed by atoms with E-state index in [4.69, 9.17) is 10.1 Å². The van der Waals surface area contributed by atoms with Crippen LogP contribution >= 0.6 is 10.8 Å². The minimum Gasteiger partial charge on any atom is -0.465 e. The van der Waals surface area contributed by atoms with Gasteiger partial charge in [-0.15, -0.1) is 0 Å². The molecule has 1 rings (SSSR count). The van der Waals surface area contributed by atoms with Crippen LogP contribution in [0.25, 0.3) is 0 Å². The first-order valence-corrected chi connectivity index (χ1v) is 6.43. The van der Waals surface area contributed by atoms with Gasteiger partial charge in [-0.1, -0.05) is 10.8 Å². The van der Waals surface area contributed by atoms with Crippen molar-refractivity contribution >= 4 is 32.3 Å². The zero-order valence-electron chi connectivity index (χ0n) is 6.86. The standard InChI is InChI=1S/C6H10N2O2S2/c1-3-10-6(9)4-5(7)8-12(2)11-4/h4,7H,3H2,1-2H3. The summed E-state index contributed by atoms with van der Waals surface area (Å²) in [5.74, 6) is -0.197. The fourth-order valence-electron chi connectivity index (χ4n) is 0.762. The molecule has 4 nitrogen and oxygen atoms in total. The Morgan fingerprint density at radius 1 is 1.92 bits per heavy atom. The van der Waals surface area contributed by atoms with Crippen LogP contribution in [0.5, 0.6) is 0 Å². The van der Waals surface area contributed by atoms with Crippen LogP contribution in [0.1, 0.15) is 6.92 Å². The van der Waals surface area contributed by atoms with Gasteiger partial charge in [0.1, 0.15) is 0 Å². The lowest BCUT2D eigenvalue weighted by molar-refractivity contribution is -0.141. The van der Waals surface area contributed by atoms with E-state index in [0.717, 1.165) is 0 Å². The maximum atomic E-state index is 11.2. The van der Waals surface area contributed by atoms with Crippen molar-refractivity contribution in [3.8, 4) is 0 Å². The number of hydrogen-bond donors (Lipinski definition) is 1. The summed E-state index contributed by atoms with van der Waals surface area (Å²) < 4.78 is 8.74. The molecule has 1 N–H and O–H groups in total. The summed E-state index contributed by atoms with van der Waals surface area (Å²) in [4.78, 5) is 11.2. The lowest BCUT2D eigenvalue weighted by Gasteiger charge is -2.05. The molecular weight excluding hydrogens is 196 g/mol. The van der Waals surface area contributed by atoms with Crippen LogP contribution < -0.4 is 0 Å². The maximum absolute atomic E-state index is 11.2. The van der Waals surface area contributed by atoms with Gasteiger partial charge in [-0.3, -0.25) is 10.2 Å². The van der Waals surface area contributed by atoms with Crippen LogP contribution in [0.15, 0.2) is 4.36 Å². The predicted octanol–water partition coefficient (Wildman–Crippen LogP) is 0.989. The summed E-state index contributed by atoms with van der Waals surface area (Å²) in [5, 5.41) is 6.88. The predicted molar refractivity (Wildman–Crippen MR) is 51.5 cm³/mol. The highest BCUT2D eigenvalue weighted by Gasteiger charge is 2.30. The number of carbonyl (C=O) groups is 1. The number of nitrogens with zero attached hydrogens (tertiary/aromatic N) is 1. The number of nitrogens with one attached hydrogen (secondary N) is 1. The Balaban J connectivity index is 2.57. The molecule has 0 aromatic rings. The Morgan fingerprint density at radius 3 is 3.00 bits per heavy atom. The quantitative estimate of drug-likeness (QED) is 0.541. The second-order valence-corrected chi connectivity index (χ2v) is 5.85. The van der Waals surface area contributed by atoms with E-state index in [1.807, 2.05) is 6.26 Å². The molecule has 2 atom stereocenters. The molecule has 0 bridgehead atoms. The second-order valence-electron chi connectivity index (χ2n) is 2.13. The number of hydrogen-bond acceptors (Lipinski definition) is 4. The molecule has 0 saturated heterocycles. The number of carbonyl (C=O) groups excluding carboxylic acids is 1. The first-order chi connectivity index (χ1) is 5.65. The van der Waals surface area contributed by atoms with Crippen molar-refractivity contribution in [1.82, 2.24) is 0 Å². The summed E-state index contributed by atoms with van der Waals surface area (Å²) in [5.41, 5.74) is 0. The number of ether oxygens (including phenoxy) is 1. The van der Waals surface area contributed by atoms with E-state index in [2.05, 4.69) is 4.36 Å². The minimum atomic E-state index is -0.488. The molecule has 0 aromatic carbocycles. The second kappa shape index (κ2) is 4.04. The van der Waals surface area contributed by atoms with Gasteiger partial charge in [0.25, 0.3) is 0 Å². The van der Waals surface area contributed by atoms with Gasteiger partial charge in [0.05, 0.1) is 6.61 Å². The lowest BCUT2D eigenvalue weighted by atomic mass is 10.4. The van der Waals surface area contributed by atoms with Gasteiger partial charge in [-0.2, -0.15) is 0 Å². The van der Waals surface area contributed by atoms with Crippen LogP contribution in [0.2, 0.25) is 0 Å². The van der Waals surface area contributed by atoms with Gasteiger partial charge >= 0.3 is 5.97 Å². The Labute approximate surface area is 77.1 Å². The molecule has 68 valence electrons. The fraction of sp³-hybridized carbons (Fsp3) is 0.667. The molecule has 0 saturated carbocycles. The summed E-state index contributed by atoms with van der Waals surface area (Å²) in [7, 11) is 1.14. The third kappa shape index (κ3) is 2.07. The third-order valence-corrected chi connectivity index (χ3v) is 4.19. The van der Waals surface area contributed by atoms with Crippen LogP contribution in [-0.4, -0.2) is 29.9 Å². The molecule has 0 fully saturated rings. The Morgan fingerprint density at radius 2 is 2.58 bits per heavy atom. The first kappa shape index (κ1) is 9.73. The van der Waals surface area contributed by atoms with Gasteiger partial charge in [-0.05, 0) is 16.6 Å². The van der Waals surface area contributed by atoms with Crippen LogP contribution in [-0.2, 0) is 19.3 Å². The zero-order valence-corrected chi connectivity index (χ0v) is 8.50. The zero-order chi connectivity index (χ0) is 9.14. The highest BCUT2D eigenvalue weighted by Crippen LogP contribution is 2.26. The molecule has 0 aromatic heterocycles. The largest absolute Gasteiger partial charge is 0.465 e. The molecule has 1 aliphatic rings. The van der Waals surface area contributed by atoms with Crippen LogP contribution in [0.4, 0.5) is 0 Å². The minimum absolute atomic E-state index is 0.143. The summed E-state index contributed by atoms with van der Waals surface area (Å²) >= 11 is 0. The normalized spacial score (nSPS) is 28.3. The van der Waals surface area contributed by atoms with E-state index in [1.165, 1.54) is 10.8 Å². The number of rotatable bonds is 2. The van der Waals surface area contributed by atoms with Crippen molar-refractivity contribution in [3.63, 3.8) is 0 Å². The highest BCUT2D eigenvalue weighted by molar-refractivity contribution is 8.71. The smallest absolute Gasteiger partial charge is 0.327 e.